The van der Waals surface area contributed by atoms with Gasteiger partial charge in [-0.15, -0.1) is 0 Å². The molecule has 1 aliphatic rings. The first kappa shape index (κ1) is 17.4. The van der Waals surface area contributed by atoms with Gasteiger partial charge in [0.2, 0.25) is 10.0 Å². The number of sulfonamides is 1. The topological polar surface area (TPSA) is 61.4 Å². The normalized spacial score (nSPS) is 18.3. The molecule has 0 radical (unpaired) electrons. The Morgan fingerprint density at radius 1 is 1.23 bits per heavy atom. The Kier molecular flexibility index (Phi) is 6.37. The van der Waals surface area contributed by atoms with Crippen LogP contribution in [-0.4, -0.2) is 52.6 Å². The van der Waals surface area contributed by atoms with Crippen LogP contribution in [0.4, 0.5) is 0 Å². The van der Waals surface area contributed by atoms with Crippen molar-refractivity contribution in [1.82, 2.24) is 14.9 Å². The van der Waals surface area contributed by atoms with Crippen LogP contribution in [0.3, 0.4) is 0 Å². The number of benzene rings is 1. The van der Waals surface area contributed by atoms with Crippen LogP contribution in [0.1, 0.15) is 31.7 Å². The van der Waals surface area contributed by atoms with Crippen LogP contribution in [0.5, 0.6) is 0 Å². The van der Waals surface area contributed by atoms with Crippen molar-refractivity contribution < 1.29 is 8.42 Å². The summed E-state index contributed by atoms with van der Waals surface area (Å²) in [5.41, 5.74) is 1.18. The molecule has 0 aliphatic carbocycles. The standard InChI is InChI=1S/C16H27N3O2S/c1-3-14(2)15-4-6-16(7-5-15)22(20,21)18-10-13-19-11-8-17-9-12-19/h4-7,14,17-18H,3,8-13H2,1-2H3. The van der Waals surface area contributed by atoms with Crippen molar-refractivity contribution in [3.05, 3.63) is 29.8 Å². The van der Waals surface area contributed by atoms with Crippen LogP contribution in [-0.2, 0) is 10.0 Å². The molecule has 1 aromatic carbocycles. The second kappa shape index (κ2) is 8.06. The highest BCUT2D eigenvalue weighted by Crippen LogP contribution is 2.20. The second-order valence-corrected chi connectivity index (χ2v) is 7.63. The van der Waals surface area contributed by atoms with E-state index in [0.29, 0.717) is 17.4 Å². The van der Waals surface area contributed by atoms with Gasteiger partial charge in [0.15, 0.2) is 0 Å². The van der Waals surface area contributed by atoms with Crippen molar-refractivity contribution in [1.29, 1.82) is 0 Å². The Morgan fingerprint density at radius 3 is 2.45 bits per heavy atom. The van der Waals surface area contributed by atoms with Crippen LogP contribution < -0.4 is 10.0 Å². The zero-order valence-corrected chi connectivity index (χ0v) is 14.3. The molecule has 1 aromatic rings. The van der Waals surface area contributed by atoms with Crippen LogP contribution >= 0.6 is 0 Å². The van der Waals surface area contributed by atoms with Crippen molar-refractivity contribution in [3.8, 4) is 0 Å². The molecule has 1 fully saturated rings. The molecule has 2 rings (SSSR count). The largest absolute Gasteiger partial charge is 0.314 e. The van der Waals surface area contributed by atoms with Gasteiger partial charge in [-0.3, -0.25) is 4.90 Å². The van der Waals surface area contributed by atoms with E-state index in [2.05, 4.69) is 28.8 Å². The molecular weight excluding hydrogens is 298 g/mol. The maximum absolute atomic E-state index is 12.3. The maximum Gasteiger partial charge on any atom is 0.240 e. The summed E-state index contributed by atoms with van der Waals surface area (Å²) in [5, 5.41) is 3.29. The zero-order chi connectivity index (χ0) is 16.0. The average molecular weight is 325 g/mol. The van der Waals surface area contributed by atoms with E-state index in [9.17, 15) is 8.42 Å². The summed E-state index contributed by atoms with van der Waals surface area (Å²) in [6.07, 6.45) is 1.05. The van der Waals surface area contributed by atoms with E-state index in [0.717, 1.165) is 39.1 Å². The summed E-state index contributed by atoms with van der Waals surface area (Å²) >= 11 is 0. The van der Waals surface area contributed by atoms with Gasteiger partial charge in [0.1, 0.15) is 0 Å². The molecule has 2 N–H and O–H groups in total. The van der Waals surface area contributed by atoms with Crippen molar-refractivity contribution in [2.24, 2.45) is 0 Å². The number of nitrogens with one attached hydrogen (secondary N) is 2. The number of rotatable bonds is 7. The lowest BCUT2D eigenvalue weighted by molar-refractivity contribution is 0.245. The fourth-order valence-corrected chi connectivity index (χ4v) is 3.59. The molecule has 0 saturated carbocycles. The monoisotopic (exact) mass is 325 g/mol. The average Bonchev–Trinajstić information content (AvgIpc) is 2.55. The Morgan fingerprint density at radius 2 is 1.86 bits per heavy atom. The summed E-state index contributed by atoms with van der Waals surface area (Å²) in [4.78, 5) is 2.62. The highest BCUT2D eigenvalue weighted by Gasteiger charge is 2.15. The van der Waals surface area contributed by atoms with E-state index < -0.39 is 10.0 Å². The highest BCUT2D eigenvalue weighted by atomic mass is 32.2. The SMILES string of the molecule is CCC(C)c1ccc(S(=O)(=O)NCCN2CCNCC2)cc1. The number of hydrogen-bond donors (Lipinski definition) is 2. The molecule has 0 bridgehead atoms. The van der Waals surface area contributed by atoms with Gasteiger partial charge in [-0.25, -0.2) is 13.1 Å². The first-order chi connectivity index (χ1) is 10.5. The van der Waals surface area contributed by atoms with E-state index in [4.69, 9.17) is 0 Å². The Hall–Kier alpha value is -0.950. The predicted octanol–water partition coefficient (Wildman–Crippen LogP) is 1.38. The van der Waals surface area contributed by atoms with E-state index >= 15 is 0 Å². The molecular formula is C16H27N3O2S. The Labute approximate surface area is 134 Å². The molecule has 1 aliphatic heterocycles. The predicted molar refractivity (Wildman–Crippen MR) is 89.6 cm³/mol. The lowest BCUT2D eigenvalue weighted by Crippen LogP contribution is -2.46. The first-order valence-corrected chi connectivity index (χ1v) is 9.54. The summed E-state index contributed by atoms with van der Waals surface area (Å²) in [6.45, 7) is 9.40. The molecule has 1 unspecified atom stereocenters. The number of hydrogen-bond acceptors (Lipinski definition) is 4. The van der Waals surface area contributed by atoms with Gasteiger partial charge in [0, 0.05) is 39.3 Å². The smallest absolute Gasteiger partial charge is 0.240 e. The van der Waals surface area contributed by atoms with Crippen molar-refractivity contribution in [3.63, 3.8) is 0 Å². The molecule has 1 atom stereocenters. The molecule has 0 amide bonds. The van der Waals surface area contributed by atoms with Crippen LogP contribution in [0.15, 0.2) is 29.2 Å². The summed E-state index contributed by atoms with van der Waals surface area (Å²) < 4.78 is 27.3. The van der Waals surface area contributed by atoms with Gasteiger partial charge in [-0.05, 0) is 30.0 Å². The summed E-state index contributed by atoms with van der Waals surface area (Å²) in [6, 6.07) is 7.24. The fraction of sp³-hybridized carbons (Fsp3) is 0.625. The van der Waals surface area contributed by atoms with E-state index in [1.54, 1.807) is 12.1 Å². The van der Waals surface area contributed by atoms with E-state index in [1.165, 1.54) is 5.56 Å². The summed E-state index contributed by atoms with van der Waals surface area (Å²) in [5.74, 6) is 0.456. The van der Waals surface area contributed by atoms with Gasteiger partial charge in [-0.1, -0.05) is 26.0 Å². The van der Waals surface area contributed by atoms with Crippen molar-refractivity contribution >= 4 is 10.0 Å². The second-order valence-electron chi connectivity index (χ2n) is 5.87. The molecule has 0 spiro atoms. The lowest BCUT2D eigenvalue weighted by Gasteiger charge is -2.27. The minimum absolute atomic E-state index is 0.347. The lowest BCUT2D eigenvalue weighted by atomic mass is 9.99. The van der Waals surface area contributed by atoms with E-state index in [-0.39, 0.29) is 0 Å². The van der Waals surface area contributed by atoms with Crippen LogP contribution in [0.2, 0.25) is 0 Å². The van der Waals surface area contributed by atoms with Gasteiger partial charge < -0.3 is 5.32 Å². The summed E-state index contributed by atoms with van der Waals surface area (Å²) in [7, 11) is -3.40. The Balaban J connectivity index is 1.89. The van der Waals surface area contributed by atoms with Gasteiger partial charge >= 0.3 is 0 Å². The minimum atomic E-state index is -3.40. The minimum Gasteiger partial charge on any atom is -0.314 e. The molecule has 1 heterocycles. The van der Waals surface area contributed by atoms with Gasteiger partial charge in [0.05, 0.1) is 4.90 Å². The van der Waals surface area contributed by atoms with Gasteiger partial charge in [0.25, 0.3) is 0 Å². The molecule has 6 heteroatoms. The molecule has 1 saturated heterocycles. The third-order valence-electron chi connectivity index (χ3n) is 4.30. The molecule has 124 valence electrons. The first-order valence-electron chi connectivity index (χ1n) is 8.05. The molecule has 5 nitrogen and oxygen atoms in total. The van der Waals surface area contributed by atoms with Crippen LogP contribution in [0, 0.1) is 0 Å². The van der Waals surface area contributed by atoms with Crippen LogP contribution in [0.25, 0.3) is 0 Å². The third kappa shape index (κ3) is 4.78. The quantitative estimate of drug-likeness (QED) is 0.795. The van der Waals surface area contributed by atoms with Crippen molar-refractivity contribution in [2.75, 3.05) is 39.3 Å². The van der Waals surface area contributed by atoms with Crippen molar-refractivity contribution in [2.45, 2.75) is 31.1 Å². The maximum atomic E-state index is 12.3. The molecule has 22 heavy (non-hydrogen) atoms. The fourth-order valence-electron chi connectivity index (χ4n) is 2.57. The number of piperazine rings is 1. The zero-order valence-electron chi connectivity index (χ0n) is 13.5. The Bertz CT molecular complexity index is 551. The number of nitrogens with zero attached hydrogens (tertiary/aromatic N) is 1. The third-order valence-corrected chi connectivity index (χ3v) is 5.78. The molecule has 0 aromatic heterocycles. The highest BCUT2D eigenvalue weighted by molar-refractivity contribution is 7.89. The van der Waals surface area contributed by atoms with E-state index in [1.807, 2.05) is 12.1 Å². The van der Waals surface area contributed by atoms with Gasteiger partial charge in [-0.2, -0.15) is 0 Å².